The van der Waals surface area contributed by atoms with E-state index >= 15 is 0 Å². The summed E-state index contributed by atoms with van der Waals surface area (Å²) in [5, 5.41) is 10.00. The van der Waals surface area contributed by atoms with Gasteiger partial charge in [-0.2, -0.15) is 13.2 Å². The lowest BCUT2D eigenvalue weighted by Crippen LogP contribution is -2.31. The molecule has 8 nitrogen and oxygen atoms in total. The molecule has 1 saturated heterocycles. The molecule has 0 aliphatic carbocycles. The van der Waals surface area contributed by atoms with Gasteiger partial charge in [0.15, 0.2) is 0 Å². The molecule has 0 bridgehead atoms. The van der Waals surface area contributed by atoms with Crippen LogP contribution in [0.1, 0.15) is 50.5 Å². The van der Waals surface area contributed by atoms with Gasteiger partial charge in [0.2, 0.25) is 0 Å². The van der Waals surface area contributed by atoms with Crippen molar-refractivity contribution in [3.63, 3.8) is 0 Å². The molecule has 2 amide bonds. The fourth-order valence-corrected chi connectivity index (χ4v) is 4.18. The van der Waals surface area contributed by atoms with Gasteiger partial charge in [0.1, 0.15) is 0 Å². The first-order valence-electron chi connectivity index (χ1n) is 12.0. The van der Waals surface area contributed by atoms with Gasteiger partial charge in [-0.05, 0) is 54.8 Å². The van der Waals surface area contributed by atoms with Crippen LogP contribution in [0.3, 0.4) is 0 Å². The van der Waals surface area contributed by atoms with Crippen LogP contribution >= 0.6 is 0 Å². The van der Waals surface area contributed by atoms with Gasteiger partial charge < -0.3 is 20.3 Å². The highest BCUT2D eigenvalue weighted by atomic mass is 19.4. The van der Waals surface area contributed by atoms with Gasteiger partial charge in [0.05, 0.1) is 11.3 Å². The van der Waals surface area contributed by atoms with Crippen LogP contribution in [0.15, 0.2) is 48.7 Å². The van der Waals surface area contributed by atoms with E-state index in [1.807, 2.05) is 59.5 Å². The van der Waals surface area contributed by atoms with E-state index < -0.39 is 12.1 Å². The van der Waals surface area contributed by atoms with Crippen molar-refractivity contribution < 1.29 is 32.7 Å². The molecule has 5 rings (SSSR count). The van der Waals surface area contributed by atoms with Gasteiger partial charge in [0.25, 0.3) is 11.8 Å². The van der Waals surface area contributed by atoms with Crippen LogP contribution in [-0.2, 0) is 11.2 Å². The number of amides is 2. The number of carboxylic acid groups (broad SMARTS) is 1. The van der Waals surface area contributed by atoms with E-state index in [0.717, 1.165) is 71.7 Å². The summed E-state index contributed by atoms with van der Waals surface area (Å²) < 4.78 is 31.7. The third-order valence-electron chi connectivity index (χ3n) is 6.14. The maximum Gasteiger partial charge on any atom is 0.490 e. The molecule has 0 spiro atoms. The maximum atomic E-state index is 12.5. The van der Waals surface area contributed by atoms with E-state index in [1.165, 1.54) is 0 Å². The van der Waals surface area contributed by atoms with Crippen LogP contribution in [0, 0.1) is 0 Å². The first-order valence-corrected chi connectivity index (χ1v) is 12.0. The summed E-state index contributed by atoms with van der Waals surface area (Å²) in [6.45, 7) is 2.38. The molecule has 0 radical (unpaired) electrons. The van der Waals surface area contributed by atoms with Gasteiger partial charge in [-0.3, -0.25) is 14.6 Å². The fraction of sp³-hybridized carbons (Fsp3) is 0.259. The van der Waals surface area contributed by atoms with Gasteiger partial charge in [-0.15, -0.1) is 0 Å². The van der Waals surface area contributed by atoms with Crippen molar-refractivity contribution in [1.82, 2.24) is 20.2 Å². The average Bonchev–Trinajstić information content (AvgIpc) is 3.59. The Morgan fingerprint density at radius 2 is 1.71 bits per heavy atom. The molecule has 2 aromatic heterocycles. The average molecular weight is 527 g/mol. The number of aromatic nitrogens is 2. The molecule has 1 aromatic carbocycles. The molecule has 0 unspecified atom stereocenters. The summed E-state index contributed by atoms with van der Waals surface area (Å²) in [5.41, 5.74) is 6.19. The van der Waals surface area contributed by atoms with Gasteiger partial charge >= 0.3 is 12.1 Å². The largest absolute Gasteiger partial charge is 0.490 e. The molecule has 3 aromatic rings. The number of likely N-dealkylation sites (tertiary alicyclic amines) is 1. The van der Waals surface area contributed by atoms with E-state index in [9.17, 15) is 22.8 Å². The number of carboxylic acids is 1. The number of nitrogens with zero attached hydrogens (tertiary/aromatic N) is 2. The van der Waals surface area contributed by atoms with Crippen molar-refractivity contribution in [3.8, 4) is 11.3 Å². The molecule has 198 valence electrons. The second-order valence-corrected chi connectivity index (χ2v) is 8.81. The number of hydrogen-bond donors (Lipinski definition) is 3. The van der Waals surface area contributed by atoms with Crippen LogP contribution in [0.4, 0.5) is 13.2 Å². The molecule has 4 heterocycles. The third-order valence-corrected chi connectivity index (χ3v) is 6.14. The lowest BCUT2D eigenvalue weighted by Gasteiger charge is -2.15. The predicted molar refractivity (Wildman–Crippen MR) is 134 cm³/mol. The van der Waals surface area contributed by atoms with Gasteiger partial charge in [0, 0.05) is 54.8 Å². The Morgan fingerprint density at radius 3 is 2.34 bits per heavy atom. The SMILES string of the molecule is O=C(O)C(F)(F)F.O=C1NCCc2[nH]c(-c3ccnc(C=Cc4ccc(C(=O)N5CCCC5)cc4)c3)cc21. The van der Waals surface area contributed by atoms with Crippen LogP contribution in [0.5, 0.6) is 0 Å². The summed E-state index contributed by atoms with van der Waals surface area (Å²) in [4.78, 5) is 43.1. The smallest absolute Gasteiger partial charge is 0.475 e. The van der Waals surface area contributed by atoms with Crippen molar-refractivity contribution in [2.45, 2.75) is 25.4 Å². The van der Waals surface area contributed by atoms with Crippen molar-refractivity contribution in [3.05, 3.63) is 76.7 Å². The number of hydrogen-bond acceptors (Lipinski definition) is 4. The van der Waals surface area contributed by atoms with E-state index in [4.69, 9.17) is 9.90 Å². The summed E-state index contributed by atoms with van der Waals surface area (Å²) >= 11 is 0. The zero-order valence-electron chi connectivity index (χ0n) is 20.2. The van der Waals surface area contributed by atoms with E-state index in [0.29, 0.717) is 6.54 Å². The third kappa shape index (κ3) is 6.47. The molecular formula is C27H25F3N4O4. The first kappa shape index (κ1) is 26.6. The Labute approximate surface area is 216 Å². The number of pyridine rings is 1. The van der Waals surface area contributed by atoms with Crippen molar-refractivity contribution >= 4 is 29.9 Å². The van der Waals surface area contributed by atoms with Gasteiger partial charge in [-0.1, -0.05) is 18.2 Å². The van der Waals surface area contributed by atoms with Crippen molar-refractivity contribution in [2.24, 2.45) is 0 Å². The molecule has 3 N–H and O–H groups in total. The normalized spacial score (nSPS) is 15.0. The highest BCUT2D eigenvalue weighted by molar-refractivity contribution is 5.98. The molecule has 38 heavy (non-hydrogen) atoms. The lowest BCUT2D eigenvalue weighted by molar-refractivity contribution is -0.192. The minimum absolute atomic E-state index is 0.0235. The Kier molecular flexibility index (Phi) is 7.94. The number of aliphatic carboxylic acids is 1. The fourth-order valence-electron chi connectivity index (χ4n) is 4.18. The van der Waals surface area contributed by atoms with Crippen LogP contribution in [-0.4, -0.2) is 63.6 Å². The number of H-pyrrole nitrogens is 1. The number of halogens is 3. The highest BCUT2D eigenvalue weighted by Crippen LogP contribution is 2.25. The van der Waals surface area contributed by atoms with E-state index in [-0.39, 0.29) is 11.8 Å². The quantitative estimate of drug-likeness (QED) is 0.466. The Hall–Kier alpha value is -4.41. The second kappa shape index (κ2) is 11.3. The number of carbonyl (C=O) groups is 3. The van der Waals surface area contributed by atoms with Crippen molar-refractivity contribution in [2.75, 3.05) is 19.6 Å². The Bertz CT molecular complexity index is 1360. The number of carbonyl (C=O) groups excluding carboxylic acids is 2. The van der Waals surface area contributed by atoms with E-state index in [2.05, 4.69) is 15.3 Å². The number of fused-ring (bicyclic) bond motifs is 1. The summed E-state index contributed by atoms with van der Waals surface area (Å²) in [7, 11) is 0. The summed E-state index contributed by atoms with van der Waals surface area (Å²) in [6, 6.07) is 13.5. The van der Waals surface area contributed by atoms with Crippen LogP contribution in [0.2, 0.25) is 0 Å². The molecule has 11 heteroatoms. The second-order valence-electron chi connectivity index (χ2n) is 8.81. The Balaban J connectivity index is 0.000000426. The molecular weight excluding hydrogens is 501 g/mol. The number of benzene rings is 1. The molecule has 1 fully saturated rings. The standard InChI is InChI=1S/C25H24N4O2.C2HF3O2/c30-24-21-16-23(28-22(21)10-12-27-24)19-9-11-26-20(15-19)8-5-17-3-6-18(7-4-17)25(31)29-13-1-2-14-29;3-2(4,5)1(6)7/h3-9,11,15-16,28H,1-2,10,12-14H2,(H,27,30);(H,6,7). The zero-order chi connectivity index (χ0) is 27.3. The maximum absolute atomic E-state index is 12.5. The lowest BCUT2D eigenvalue weighted by atomic mass is 10.1. The number of alkyl halides is 3. The molecule has 2 aliphatic heterocycles. The van der Waals surface area contributed by atoms with Crippen molar-refractivity contribution in [1.29, 1.82) is 0 Å². The predicted octanol–water partition coefficient (Wildman–Crippen LogP) is 4.40. The van der Waals surface area contributed by atoms with Gasteiger partial charge in [-0.25, -0.2) is 4.79 Å². The minimum atomic E-state index is -5.08. The zero-order valence-corrected chi connectivity index (χ0v) is 20.2. The molecule has 0 saturated carbocycles. The molecule has 2 aliphatic rings. The monoisotopic (exact) mass is 526 g/mol. The summed E-state index contributed by atoms with van der Waals surface area (Å²) in [6.07, 6.45) is 3.63. The molecule has 0 atom stereocenters. The number of rotatable bonds is 4. The van der Waals surface area contributed by atoms with Crippen LogP contribution in [0.25, 0.3) is 23.4 Å². The number of aromatic amines is 1. The first-order chi connectivity index (χ1) is 18.1. The van der Waals surface area contributed by atoms with E-state index in [1.54, 1.807) is 6.20 Å². The minimum Gasteiger partial charge on any atom is -0.475 e. The topological polar surface area (TPSA) is 115 Å². The van der Waals surface area contributed by atoms with Crippen LogP contribution < -0.4 is 5.32 Å². The highest BCUT2D eigenvalue weighted by Gasteiger charge is 2.38. The number of nitrogens with one attached hydrogen (secondary N) is 2. The Morgan fingerprint density at radius 1 is 1.03 bits per heavy atom. The summed E-state index contributed by atoms with van der Waals surface area (Å²) in [5.74, 6) is -2.66.